The zero-order valence-electron chi connectivity index (χ0n) is 10.9. The lowest BCUT2D eigenvalue weighted by molar-refractivity contribution is 0.353. The molecule has 94 valence electrons. The molecule has 0 aliphatic heterocycles. The van der Waals surface area contributed by atoms with Gasteiger partial charge in [-0.2, -0.15) is 0 Å². The molecule has 0 spiro atoms. The average Bonchev–Trinajstić information content (AvgIpc) is 2.26. The predicted octanol–water partition coefficient (Wildman–Crippen LogP) is 4.08. The summed E-state index contributed by atoms with van der Waals surface area (Å²) < 4.78 is 0. The van der Waals surface area contributed by atoms with Gasteiger partial charge in [-0.3, -0.25) is 0 Å². The summed E-state index contributed by atoms with van der Waals surface area (Å²) in [5.41, 5.74) is 1.38. The molecule has 1 aliphatic rings. The highest BCUT2D eigenvalue weighted by atomic mass is 32.2. The van der Waals surface area contributed by atoms with Gasteiger partial charge < -0.3 is 5.32 Å². The van der Waals surface area contributed by atoms with Gasteiger partial charge in [0.25, 0.3) is 0 Å². The molecule has 0 radical (unpaired) electrons. The molecule has 0 saturated heterocycles. The Kier molecular flexibility index (Phi) is 4.93. The van der Waals surface area contributed by atoms with Crippen LogP contribution in [0, 0.1) is 5.92 Å². The molecule has 0 amide bonds. The Morgan fingerprint density at radius 3 is 2.47 bits per heavy atom. The van der Waals surface area contributed by atoms with Crippen molar-refractivity contribution in [3.63, 3.8) is 0 Å². The summed E-state index contributed by atoms with van der Waals surface area (Å²) in [6, 6.07) is 9.58. The Morgan fingerprint density at radius 2 is 1.94 bits per heavy atom. The summed E-state index contributed by atoms with van der Waals surface area (Å²) in [5.74, 6) is 2.30. The van der Waals surface area contributed by atoms with Crippen molar-refractivity contribution in [1.82, 2.24) is 5.32 Å². The van der Waals surface area contributed by atoms with Crippen LogP contribution in [0.25, 0.3) is 0 Å². The molecule has 0 bridgehead atoms. The van der Waals surface area contributed by atoms with Gasteiger partial charge in [0.1, 0.15) is 0 Å². The molecule has 0 atom stereocenters. The van der Waals surface area contributed by atoms with Gasteiger partial charge in [-0.15, -0.1) is 11.8 Å². The molecule has 1 nitrogen and oxygen atoms in total. The van der Waals surface area contributed by atoms with E-state index in [0.717, 1.165) is 12.5 Å². The summed E-state index contributed by atoms with van der Waals surface area (Å²) in [6.07, 6.45) is 4.35. The van der Waals surface area contributed by atoms with Crippen LogP contribution in [0.3, 0.4) is 0 Å². The van der Waals surface area contributed by atoms with Crippen molar-refractivity contribution < 1.29 is 0 Å². The second-order valence-electron chi connectivity index (χ2n) is 5.29. The molecule has 0 heterocycles. The molecule has 0 aromatic heterocycles. The van der Waals surface area contributed by atoms with Gasteiger partial charge in [0.15, 0.2) is 0 Å². The monoisotopic (exact) mass is 249 g/mol. The lowest BCUT2D eigenvalue weighted by Gasteiger charge is -2.24. The molecular formula is C15H23NS. The first-order chi connectivity index (χ1) is 8.24. The van der Waals surface area contributed by atoms with Crippen LogP contribution in [-0.2, 0) is 6.54 Å². The summed E-state index contributed by atoms with van der Waals surface area (Å²) in [6.45, 7) is 5.34. The highest BCUT2D eigenvalue weighted by Crippen LogP contribution is 2.32. The number of hydrogen-bond donors (Lipinski definition) is 1. The summed E-state index contributed by atoms with van der Waals surface area (Å²) >= 11 is 2.02. The van der Waals surface area contributed by atoms with Crippen LogP contribution in [0.15, 0.2) is 29.2 Å². The van der Waals surface area contributed by atoms with Gasteiger partial charge in [0, 0.05) is 23.2 Å². The minimum Gasteiger partial charge on any atom is -0.310 e. The van der Waals surface area contributed by atoms with Gasteiger partial charge in [-0.1, -0.05) is 32.4 Å². The maximum absolute atomic E-state index is 3.44. The van der Waals surface area contributed by atoms with Crippen molar-refractivity contribution in [2.75, 3.05) is 5.75 Å². The number of nitrogens with one attached hydrogen (secondary N) is 1. The van der Waals surface area contributed by atoms with Crippen molar-refractivity contribution in [3.8, 4) is 0 Å². The quantitative estimate of drug-likeness (QED) is 0.763. The highest BCUT2D eigenvalue weighted by molar-refractivity contribution is 7.99. The Balaban J connectivity index is 1.76. The van der Waals surface area contributed by atoms with Gasteiger partial charge >= 0.3 is 0 Å². The van der Waals surface area contributed by atoms with Gasteiger partial charge in [-0.25, -0.2) is 0 Å². The maximum atomic E-state index is 3.44. The zero-order valence-corrected chi connectivity index (χ0v) is 11.7. The molecule has 17 heavy (non-hydrogen) atoms. The molecule has 2 heteroatoms. The summed E-state index contributed by atoms with van der Waals surface area (Å²) in [7, 11) is 0. The van der Waals surface area contributed by atoms with E-state index in [1.807, 2.05) is 11.8 Å². The van der Waals surface area contributed by atoms with Crippen molar-refractivity contribution in [1.29, 1.82) is 0 Å². The molecule has 1 N–H and O–H groups in total. The number of benzene rings is 1. The number of thioether (sulfide) groups is 1. The van der Waals surface area contributed by atoms with E-state index in [-0.39, 0.29) is 0 Å². The third-order valence-corrected chi connectivity index (χ3v) is 4.59. The average molecular weight is 249 g/mol. The lowest BCUT2D eigenvalue weighted by Crippen LogP contribution is -2.21. The van der Waals surface area contributed by atoms with Crippen LogP contribution in [0.1, 0.15) is 38.7 Å². The van der Waals surface area contributed by atoms with Crippen molar-refractivity contribution in [3.05, 3.63) is 29.8 Å². The highest BCUT2D eigenvalue weighted by Gasteiger charge is 2.16. The van der Waals surface area contributed by atoms with Gasteiger partial charge in [0.2, 0.25) is 0 Å². The Labute approximate surface area is 109 Å². The van der Waals surface area contributed by atoms with E-state index in [0.29, 0.717) is 6.04 Å². The molecule has 1 fully saturated rings. The van der Waals surface area contributed by atoms with Gasteiger partial charge in [0.05, 0.1) is 0 Å². The second-order valence-corrected chi connectivity index (χ2v) is 6.38. The van der Waals surface area contributed by atoms with E-state index < -0.39 is 0 Å². The predicted molar refractivity (Wildman–Crippen MR) is 76.5 cm³/mol. The fourth-order valence-corrected chi connectivity index (χ4v) is 2.99. The molecule has 0 unspecified atom stereocenters. The van der Waals surface area contributed by atoms with E-state index in [4.69, 9.17) is 0 Å². The minimum absolute atomic E-state index is 0.558. The third kappa shape index (κ3) is 4.36. The smallest absolute Gasteiger partial charge is 0.0207 e. The normalized spacial score (nSPS) is 16.2. The van der Waals surface area contributed by atoms with Crippen LogP contribution in [0.4, 0.5) is 0 Å². The van der Waals surface area contributed by atoms with Crippen LogP contribution in [-0.4, -0.2) is 11.8 Å². The SMILES string of the molecule is CC(C)NCc1ccc(SCC2CCC2)cc1. The Morgan fingerprint density at radius 1 is 1.24 bits per heavy atom. The van der Waals surface area contributed by atoms with E-state index in [1.54, 1.807) is 0 Å². The van der Waals surface area contributed by atoms with E-state index in [9.17, 15) is 0 Å². The lowest BCUT2D eigenvalue weighted by atomic mass is 9.87. The number of hydrogen-bond acceptors (Lipinski definition) is 2. The fourth-order valence-electron chi connectivity index (χ4n) is 1.90. The molecule has 1 saturated carbocycles. The van der Waals surface area contributed by atoms with Crippen LogP contribution < -0.4 is 5.32 Å². The molecule has 1 aliphatic carbocycles. The summed E-state index contributed by atoms with van der Waals surface area (Å²) in [4.78, 5) is 1.42. The van der Waals surface area contributed by atoms with Gasteiger partial charge in [-0.05, 0) is 36.5 Å². The van der Waals surface area contributed by atoms with Crippen LogP contribution in [0.5, 0.6) is 0 Å². The maximum Gasteiger partial charge on any atom is 0.0207 e. The molecular weight excluding hydrogens is 226 g/mol. The van der Waals surface area contributed by atoms with E-state index >= 15 is 0 Å². The first-order valence-electron chi connectivity index (χ1n) is 6.69. The zero-order chi connectivity index (χ0) is 12.1. The van der Waals surface area contributed by atoms with Crippen molar-refractivity contribution in [2.24, 2.45) is 5.92 Å². The largest absolute Gasteiger partial charge is 0.310 e. The second kappa shape index (κ2) is 6.46. The van der Waals surface area contributed by atoms with E-state index in [1.165, 1.54) is 35.5 Å². The third-order valence-electron chi connectivity index (χ3n) is 3.35. The Hall–Kier alpha value is -0.470. The van der Waals surface area contributed by atoms with E-state index in [2.05, 4.69) is 43.4 Å². The first-order valence-corrected chi connectivity index (χ1v) is 7.67. The molecule has 2 rings (SSSR count). The van der Waals surface area contributed by atoms with Crippen LogP contribution >= 0.6 is 11.8 Å². The number of rotatable bonds is 6. The summed E-state index contributed by atoms with van der Waals surface area (Å²) in [5, 5.41) is 3.44. The fraction of sp³-hybridized carbons (Fsp3) is 0.600. The van der Waals surface area contributed by atoms with Crippen molar-refractivity contribution >= 4 is 11.8 Å². The Bertz CT molecular complexity index is 327. The molecule has 1 aromatic rings. The van der Waals surface area contributed by atoms with Crippen molar-refractivity contribution in [2.45, 2.75) is 50.6 Å². The first kappa shape index (κ1) is 13.0. The minimum atomic E-state index is 0.558. The molecule has 1 aromatic carbocycles. The van der Waals surface area contributed by atoms with Crippen LogP contribution in [0.2, 0.25) is 0 Å². The topological polar surface area (TPSA) is 12.0 Å². The standard InChI is InChI=1S/C15H23NS/c1-12(2)16-10-13-6-8-15(9-7-13)17-11-14-4-3-5-14/h6-9,12,14,16H,3-5,10-11H2,1-2H3.